The molecule has 1 aromatic rings. The van der Waals surface area contributed by atoms with Crippen molar-refractivity contribution in [3.63, 3.8) is 0 Å². The monoisotopic (exact) mass is 188 g/mol. The topological polar surface area (TPSA) is 17.3 Å². The van der Waals surface area contributed by atoms with Crippen LogP contribution in [0.5, 0.6) is 0 Å². The number of thiazole rings is 1. The number of halogens is 1. The van der Waals surface area contributed by atoms with E-state index >= 15 is 0 Å². The summed E-state index contributed by atoms with van der Waals surface area (Å²) < 4.78 is 15.3. The molecule has 0 aliphatic heterocycles. The molecule has 0 bridgehead atoms. The quantitative estimate of drug-likeness (QED) is 0.639. The Balaban J connectivity index is 3.30. The van der Waals surface area contributed by atoms with E-state index in [4.69, 9.17) is 0 Å². The van der Waals surface area contributed by atoms with Crippen molar-refractivity contribution in [2.24, 2.45) is 12.0 Å². The molecule has 0 aliphatic rings. The van der Waals surface area contributed by atoms with Gasteiger partial charge in [0.05, 0.1) is 5.69 Å². The smallest absolute Gasteiger partial charge is 0.184 e. The number of nitrogens with zero attached hydrogens (tertiary/aromatic N) is 2. The molecule has 1 heterocycles. The van der Waals surface area contributed by atoms with Crippen LogP contribution in [0.15, 0.2) is 10.4 Å². The van der Waals surface area contributed by atoms with Crippen LogP contribution in [-0.2, 0) is 12.7 Å². The fourth-order valence-corrected chi connectivity index (χ4v) is 2.13. The molecule has 0 spiro atoms. The van der Waals surface area contributed by atoms with E-state index in [2.05, 4.69) is 4.99 Å². The van der Waals surface area contributed by atoms with Crippen LogP contribution in [0, 0.1) is 0 Å². The van der Waals surface area contributed by atoms with E-state index in [1.54, 1.807) is 25.5 Å². The van der Waals surface area contributed by atoms with Gasteiger partial charge in [-0.1, -0.05) is 0 Å². The van der Waals surface area contributed by atoms with Gasteiger partial charge in [0.25, 0.3) is 0 Å². The molecule has 0 aliphatic carbocycles. The van der Waals surface area contributed by atoms with Gasteiger partial charge in [-0.2, -0.15) is 0 Å². The third-order valence-electron chi connectivity index (χ3n) is 1.72. The van der Waals surface area contributed by atoms with Crippen molar-refractivity contribution in [2.75, 3.05) is 7.05 Å². The Kier molecular flexibility index (Phi) is 2.37. The summed E-state index contributed by atoms with van der Waals surface area (Å²) in [4.78, 5) is 4.86. The van der Waals surface area contributed by atoms with Crippen molar-refractivity contribution in [3.8, 4) is 0 Å². The molecule has 0 saturated heterocycles. The minimum Gasteiger partial charge on any atom is -0.321 e. The summed E-state index contributed by atoms with van der Waals surface area (Å²) in [5, 5.41) is 1.81. The van der Waals surface area contributed by atoms with Crippen LogP contribution >= 0.6 is 11.3 Å². The van der Waals surface area contributed by atoms with E-state index < -0.39 is 5.67 Å². The lowest BCUT2D eigenvalue weighted by molar-refractivity contribution is 0.208. The van der Waals surface area contributed by atoms with Gasteiger partial charge in [-0.15, -0.1) is 11.3 Å². The Bertz CT molecular complexity index is 330. The fourth-order valence-electron chi connectivity index (χ4n) is 1.11. The van der Waals surface area contributed by atoms with Crippen molar-refractivity contribution in [1.29, 1.82) is 0 Å². The molecule has 4 heteroatoms. The molecule has 0 aromatic carbocycles. The first-order valence-electron chi connectivity index (χ1n) is 3.73. The molecule has 0 atom stereocenters. The average molecular weight is 188 g/mol. The fraction of sp³-hybridized carbons (Fsp3) is 0.625. The summed E-state index contributed by atoms with van der Waals surface area (Å²) in [5.41, 5.74) is -0.609. The Labute approximate surface area is 75.4 Å². The Hall–Kier alpha value is -0.640. The van der Waals surface area contributed by atoms with Crippen LogP contribution < -0.4 is 4.80 Å². The maximum Gasteiger partial charge on any atom is 0.184 e. The Morgan fingerprint density at radius 3 is 2.42 bits per heavy atom. The maximum atomic E-state index is 13.5. The molecule has 0 radical (unpaired) electrons. The molecular weight excluding hydrogens is 175 g/mol. The van der Waals surface area contributed by atoms with Gasteiger partial charge in [-0.05, 0) is 13.8 Å². The summed E-state index contributed by atoms with van der Waals surface area (Å²) in [6, 6.07) is 0. The van der Waals surface area contributed by atoms with Gasteiger partial charge < -0.3 is 4.57 Å². The zero-order chi connectivity index (χ0) is 9.35. The maximum absolute atomic E-state index is 13.5. The van der Waals surface area contributed by atoms with Crippen molar-refractivity contribution < 1.29 is 4.39 Å². The zero-order valence-corrected chi connectivity index (χ0v) is 8.57. The zero-order valence-electron chi connectivity index (χ0n) is 7.76. The largest absolute Gasteiger partial charge is 0.321 e. The van der Waals surface area contributed by atoms with Crippen molar-refractivity contribution in [1.82, 2.24) is 4.57 Å². The molecule has 0 unspecified atom stereocenters. The van der Waals surface area contributed by atoms with Crippen molar-refractivity contribution >= 4 is 11.3 Å². The summed E-state index contributed by atoms with van der Waals surface area (Å²) in [7, 11) is 3.54. The second-order valence-corrected chi connectivity index (χ2v) is 4.00. The summed E-state index contributed by atoms with van der Waals surface area (Å²) >= 11 is 1.46. The lowest BCUT2D eigenvalue weighted by Gasteiger charge is -2.14. The average Bonchev–Trinajstić information content (AvgIpc) is 2.29. The van der Waals surface area contributed by atoms with Crippen LogP contribution in [-0.4, -0.2) is 11.6 Å². The summed E-state index contributed by atoms with van der Waals surface area (Å²) in [6.45, 7) is 3.10. The number of aromatic nitrogens is 1. The number of hydrogen-bond acceptors (Lipinski definition) is 2. The minimum absolute atomic E-state index is 0.674. The minimum atomic E-state index is -1.28. The predicted molar refractivity (Wildman–Crippen MR) is 48.9 cm³/mol. The highest BCUT2D eigenvalue weighted by Gasteiger charge is 2.22. The van der Waals surface area contributed by atoms with Crippen LogP contribution in [0.1, 0.15) is 19.5 Å². The standard InChI is InChI=1S/C8H13FN2S/c1-8(2,9)6-5-12-7(10-3)11(6)4/h5H,1-4H3. The van der Waals surface area contributed by atoms with Crippen LogP contribution in [0.3, 0.4) is 0 Å². The van der Waals surface area contributed by atoms with E-state index in [1.165, 1.54) is 11.3 Å². The van der Waals surface area contributed by atoms with Crippen LogP contribution in [0.4, 0.5) is 4.39 Å². The highest BCUT2D eigenvalue weighted by atomic mass is 32.1. The Morgan fingerprint density at radius 2 is 2.17 bits per heavy atom. The molecule has 0 saturated carbocycles. The lowest BCUT2D eigenvalue weighted by Crippen LogP contribution is -2.20. The number of hydrogen-bond donors (Lipinski definition) is 0. The summed E-state index contributed by atoms with van der Waals surface area (Å²) in [5.74, 6) is 0. The second-order valence-electron chi connectivity index (χ2n) is 3.16. The lowest BCUT2D eigenvalue weighted by atomic mass is 10.1. The predicted octanol–water partition coefficient (Wildman–Crippen LogP) is 1.82. The summed E-state index contributed by atoms with van der Waals surface area (Å²) in [6.07, 6.45) is 0. The van der Waals surface area contributed by atoms with Crippen LogP contribution in [0.2, 0.25) is 0 Å². The van der Waals surface area contributed by atoms with E-state index in [-0.39, 0.29) is 0 Å². The van der Waals surface area contributed by atoms with Gasteiger partial charge in [0.1, 0.15) is 5.67 Å². The molecule has 2 nitrogen and oxygen atoms in total. The molecule has 0 N–H and O–H groups in total. The first-order chi connectivity index (χ1) is 5.46. The second kappa shape index (κ2) is 3.01. The first-order valence-corrected chi connectivity index (χ1v) is 4.61. The molecular formula is C8H13FN2S. The molecule has 1 aromatic heterocycles. The van der Waals surface area contributed by atoms with E-state index in [0.29, 0.717) is 5.69 Å². The molecule has 0 fully saturated rings. The van der Waals surface area contributed by atoms with Crippen molar-refractivity contribution in [3.05, 3.63) is 15.9 Å². The highest BCUT2D eigenvalue weighted by Crippen LogP contribution is 2.23. The molecule has 68 valence electrons. The van der Waals surface area contributed by atoms with Crippen molar-refractivity contribution in [2.45, 2.75) is 19.5 Å². The SMILES string of the molecule is CN=c1scc(C(C)(C)F)n1C. The van der Waals surface area contributed by atoms with E-state index in [9.17, 15) is 4.39 Å². The van der Waals surface area contributed by atoms with Gasteiger partial charge in [-0.3, -0.25) is 4.99 Å². The molecule has 12 heavy (non-hydrogen) atoms. The normalized spacial score (nSPS) is 13.9. The van der Waals surface area contributed by atoms with Gasteiger partial charge >= 0.3 is 0 Å². The first kappa shape index (κ1) is 9.45. The number of alkyl halides is 1. The highest BCUT2D eigenvalue weighted by molar-refractivity contribution is 7.07. The third-order valence-corrected chi connectivity index (χ3v) is 2.73. The van der Waals surface area contributed by atoms with Crippen LogP contribution in [0.25, 0.3) is 0 Å². The van der Waals surface area contributed by atoms with Gasteiger partial charge in [0.2, 0.25) is 0 Å². The van der Waals surface area contributed by atoms with Gasteiger partial charge in [-0.25, -0.2) is 4.39 Å². The molecule has 0 amide bonds. The van der Waals surface area contributed by atoms with Gasteiger partial charge in [0.15, 0.2) is 4.80 Å². The van der Waals surface area contributed by atoms with Gasteiger partial charge in [0, 0.05) is 19.5 Å². The third kappa shape index (κ3) is 1.58. The Morgan fingerprint density at radius 1 is 1.58 bits per heavy atom. The van der Waals surface area contributed by atoms with E-state index in [1.807, 2.05) is 12.4 Å². The van der Waals surface area contributed by atoms with E-state index in [0.717, 1.165) is 4.80 Å². The number of rotatable bonds is 1. The molecule has 1 rings (SSSR count).